The van der Waals surface area contributed by atoms with Gasteiger partial charge in [-0.25, -0.2) is 75.8 Å². The summed E-state index contributed by atoms with van der Waals surface area (Å²) in [4.78, 5) is 156. The minimum absolute atomic E-state index is 0.103. The number of nitrogen functional groups attached to an aromatic ring is 6. The zero-order valence-corrected chi connectivity index (χ0v) is 74.7. The van der Waals surface area contributed by atoms with Gasteiger partial charge < -0.3 is 116 Å². The van der Waals surface area contributed by atoms with Gasteiger partial charge in [0.15, 0.2) is 181 Å². The lowest BCUT2D eigenvalue weighted by Crippen LogP contribution is -2.35. The van der Waals surface area contributed by atoms with E-state index in [0.717, 1.165) is 41.8 Å². The first-order valence-corrected chi connectivity index (χ1v) is 50.6. The number of rotatable bonds is 6. The maximum Gasteiger partial charge on any atom is 0.472 e. The molecule has 21 rings (SSSR count). The fraction of sp³-hybridized carbons (Fsp3) is 0.500. The van der Waals surface area contributed by atoms with Gasteiger partial charge in [-0.1, -0.05) is 0 Å². The van der Waals surface area contributed by atoms with Gasteiger partial charge in [-0.2, -0.15) is 15.0 Å². The van der Waals surface area contributed by atoms with E-state index in [1.807, 2.05) is 0 Å². The molecule has 0 aliphatic carbocycles. The third kappa shape index (κ3) is 18.8. The summed E-state index contributed by atoms with van der Waals surface area (Å²) in [6.07, 6.45) is -39.0. The third-order valence-corrected chi connectivity index (χ3v) is 29.1. The SMILES string of the molecule is Nc1nc2c(ncn2[C@@H]2O[C@@H]3COCP(=O)(O)OC4[C@@H](OCP(=O)(O)O[C@H]2C3F)O[C@@H](n2cnc3c(N)ccnc32)[C@H]4F)c(=O)[nH]1.Nc1nc2c(ncn2[C@@H]2O[C@@H]3OCCP(=O)(O)OC4[C@@H](COP(=O)(O)O[C@H]2C3F)O[C@@H](n2cnc3c(N)ccnc32)[C@H]4F)c(=O)[nH]1.Nc1nc2c(ncn2[C@@H]2O[C@@H]3OCCP(=O)(O)OC4[C@@H](OCP(=O)(O)O[C@H]2C3F)O[C@@H](n2cnc3c(N)ccnc32)[C@H]4F)c(=O)[nH]1. The Morgan fingerprint density at radius 3 is 1.07 bits per heavy atom. The van der Waals surface area contributed by atoms with Crippen LogP contribution in [0.15, 0.2) is 89.1 Å². The normalized spacial score (nSPS) is 37.4. The van der Waals surface area contributed by atoms with Crippen LogP contribution in [-0.2, 0) is 111 Å². The lowest BCUT2D eigenvalue weighted by molar-refractivity contribution is -0.166. The van der Waals surface area contributed by atoms with Crippen LogP contribution < -0.4 is 51.1 Å². The number of anilines is 6. The lowest BCUT2D eigenvalue weighted by atomic mass is 10.1. The van der Waals surface area contributed by atoms with Crippen molar-refractivity contribution in [3.05, 3.63) is 106 Å². The third-order valence-electron chi connectivity index (χ3n) is 22.3. The van der Waals surface area contributed by atoms with E-state index in [1.165, 1.54) is 60.3 Å². The zero-order valence-electron chi connectivity index (χ0n) is 69.3. The van der Waals surface area contributed by atoms with E-state index in [1.54, 1.807) is 0 Å². The lowest BCUT2D eigenvalue weighted by Gasteiger charge is -2.26. The van der Waals surface area contributed by atoms with Crippen molar-refractivity contribution in [2.24, 2.45) is 0 Å². The van der Waals surface area contributed by atoms with E-state index in [0.29, 0.717) is 0 Å². The molecule has 30 atom stereocenters. The van der Waals surface area contributed by atoms with Crippen LogP contribution in [0.1, 0.15) is 37.4 Å². The van der Waals surface area contributed by atoms with E-state index in [9.17, 15) is 71.1 Å². The first-order valence-electron chi connectivity index (χ1n) is 40.3. The van der Waals surface area contributed by atoms with Crippen molar-refractivity contribution in [3.8, 4) is 0 Å². The molecule has 6 bridgehead atoms. The number of pyridine rings is 3. The molecule has 9 fully saturated rings. The zero-order chi connectivity index (χ0) is 97.6. The number of ether oxygens (including phenoxy) is 11. The molecule has 0 spiro atoms. The molecule has 60 nitrogen and oxygen atoms in total. The smallest absolute Gasteiger partial charge is 0.397 e. The summed E-state index contributed by atoms with van der Waals surface area (Å²) in [5.74, 6) is -0.925. The van der Waals surface area contributed by atoms with Gasteiger partial charge in [0.2, 0.25) is 17.8 Å². The van der Waals surface area contributed by atoms with Crippen LogP contribution in [-0.4, -0.2) is 300 Å². The van der Waals surface area contributed by atoms with Crippen LogP contribution in [0, 0.1) is 0 Å². The molecule has 0 radical (unpaired) electrons. The molecule has 9 aliphatic heterocycles. The van der Waals surface area contributed by atoms with Gasteiger partial charge in [0.25, 0.3) is 16.7 Å². The monoisotopic (exact) mass is 2070 g/mol. The minimum Gasteiger partial charge on any atom is -0.397 e. The van der Waals surface area contributed by atoms with Gasteiger partial charge in [-0.3, -0.25) is 111 Å². The average molecular weight is 2070 g/mol. The molecule has 9 saturated heterocycles. The number of imidazole rings is 6. The van der Waals surface area contributed by atoms with Crippen LogP contribution in [0.4, 0.5) is 61.2 Å². The van der Waals surface area contributed by atoms with Crippen LogP contribution in [0.3, 0.4) is 0 Å². The molecule has 0 saturated carbocycles. The van der Waals surface area contributed by atoms with Gasteiger partial charge >= 0.3 is 45.8 Å². The first kappa shape index (κ1) is 96.6. The molecule has 21 heterocycles. The van der Waals surface area contributed by atoms with Crippen LogP contribution in [0.5, 0.6) is 0 Å². The second-order valence-corrected chi connectivity index (χ2v) is 42.0. The molecular formula is C66H75F6N27O33P6. The van der Waals surface area contributed by atoms with Gasteiger partial charge in [0.1, 0.15) is 53.4 Å². The highest BCUT2D eigenvalue weighted by Gasteiger charge is 2.60. The summed E-state index contributed by atoms with van der Waals surface area (Å²) in [5.41, 5.74) is 33.1. The first-order chi connectivity index (χ1) is 65.4. The maximum absolute atomic E-state index is 15.9. The predicted octanol–water partition coefficient (Wildman–Crippen LogP) is 0.781. The second kappa shape index (κ2) is 37.0. The number of H-pyrrole nitrogens is 3. The molecule has 12 aromatic rings. The summed E-state index contributed by atoms with van der Waals surface area (Å²) in [5, 5.41) is 0. The van der Waals surface area contributed by atoms with Crippen molar-refractivity contribution < 1.29 is 167 Å². The van der Waals surface area contributed by atoms with Gasteiger partial charge in [-0.05, 0) is 18.2 Å². The van der Waals surface area contributed by atoms with E-state index in [2.05, 4.69) is 74.8 Å². The number of fused-ring (bicyclic) bond motifs is 15. The van der Waals surface area contributed by atoms with Crippen molar-refractivity contribution in [3.63, 3.8) is 0 Å². The number of hydrogen-bond acceptors (Lipinski definition) is 45. The number of halogens is 6. The summed E-state index contributed by atoms with van der Waals surface area (Å²) < 4.78 is 278. The maximum atomic E-state index is 15.9. The summed E-state index contributed by atoms with van der Waals surface area (Å²) in [6, 6.07) is 4.42. The van der Waals surface area contributed by atoms with Crippen molar-refractivity contribution in [1.29, 1.82) is 0 Å². The standard InChI is InChI=1S/3C22H25F2N9O11P2/c23-10-9-3-39-6-45(35,36)44-15-11(24)19(32-4-28-12-8(25)1-2-27-16(12)32)42-21(15)40-7-46(37,38)43-14(10)20(41-9)33-5-29-13-17(33)30-22(26)31-18(13)34;23-9-14-21(41-18(9)32-5-28-11-8(25)1-2-27-15(11)32)40-7-46(37,38)43-13-10(24)20(39-3-4-45(35,36)44-14)42-19(13)33-6-29-12-16(33)30-22(26)31-17(12)34;23-10-14-9(41-19(10)32-6-28-12-8(25)1-2-27-16(12)32)5-40-46(37,38)44-15-11(24)21(39-3-4-45(35,36)43-14)42-20(15)33-7-29-13-17(33)30-22(26)31-18(13)34/h1-2,4-5,9-11,14-15,19-21H,3,6-7H2,(H2,25,27)(H,35,36)(H,37,38)(H3,26,30,31,34);1-2,5-6,9-10,13-14,18-21H,3-4,7H2,(H2,25,27)(H,35,36)(H,37,38)(H3,26,30,31,34);1-2,6-7,9-11,14-15,19-21H,3-5H2,(H2,25,27)(H,35,36)(H,37,38)(H3,26,30,31,34)/t9-,10?,11+,14+,15?,19-,20-,21+;9-,10?,13-,14?,18+,19+,20-,21-;9-,10+,11?,14?,15+,19-,20-,21+/m101/s1. The summed E-state index contributed by atoms with van der Waals surface area (Å²) >= 11 is 0. The minimum atomic E-state index is -5.25. The number of hydrogen-bond donors (Lipinski definition) is 15. The fourth-order valence-corrected chi connectivity index (χ4v) is 22.1. The van der Waals surface area contributed by atoms with Gasteiger partial charge in [-0.15, -0.1) is 0 Å². The molecule has 12 unspecified atom stereocenters. The Bertz CT molecular complexity index is 6540. The number of nitrogens with two attached hydrogens (primary N) is 6. The highest BCUT2D eigenvalue weighted by molar-refractivity contribution is 7.53. The number of alkyl halides is 6. The van der Waals surface area contributed by atoms with Crippen LogP contribution in [0.2, 0.25) is 0 Å². The van der Waals surface area contributed by atoms with E-state index < -0.39 is 269 Å². The predicted molar refractivity (Wildman–Crippen MR) is 445 cm³/mol. The Labute approximate surface area is 760 Å². The van der Waals surface area contributed by atoms with Crippen LogP contribution >= 0.6 is 45.8 Å². The Kier molecular flexibility index (Phi) is 25.9. The van der Waals surface area contributed by atoms with Crippen molar-refractivity contribution in [2.45, 2.75) is 148 Å². The molecule has 9 aliphatic rings. The number of aromatic amines is 3. The molecule has 138 heavy (non-hydrogen) atoms. The molecule has 744 valence electrons. The molecule has 21 N–H and O–H groups in total. The number of aromatic nitrogens is 21. The molecular weight excluding hydrogens is 2000 g/mol. The van der Waals surface area contributed by atoms with Crippen molar-refractivity contribution in [1.82, 2.24) is 102 Å². The molecule has 12 aromatic heterocycles. The number of nitrogens with zero attached hydrogens (tertiary/aromatic N) is 18. The van der Waals surface area contributed by atoms with E-state index in [4.69, 9.17) is 118 Å². The van der Waals surface area contributed by atoms with E-state index in [-0.39, 0.29) is 102 Å². The number of phosphoric ester groups is 1. The topological polar surface area (TPSA) is 829 Å². The average Bonchev–Trinajstić information content (AvgIpc) is 1.67. The summed E-state index contributed by atoms with van der Waals surface area (Å²) in [7, 11) is -29.4. The Hall–Kier alpha value is -10.3. The molecule has 0 amide bonds. The second-order valence-electron chi connectivity index (χ2n) is 31.5. The fourth-order valence-electron chi connectivity index (χ4n) is 16.1. The molecule has 72 heteroatoms. The largest absolute Gasteiger partial charge is 0.472 e. The van der Waals surface area contributed by atoms with Crippen LogP contribution in [0.25, 0.3) is 67.0 Å². The van der Waals surface area contributed by atoms with Crippen molar-refractivity contribution >= 4 is 148 Å². The Morgan fingerprint density at radius 2 is 0.652 bits per heavy atom. The Morgan fingerprint density at radius 1 is 0.333 bits per heavy atom. The van der Waals surface area contributed by atoms with Gasteiger partial charge in [0, 0.05) is 18.6 Å². The number of phosphoric acid groups is 1. The Balaban J connectivity index is 0.000000132. The molecule has 0 aromatic carbocycles. The van der Waals surface area contributed by atoms with Crippen molar-refractivity contribution in [2.75, 3.05) is 92.2 Å². The van der Waals surface area contributed by atoms with E-state index >= 15 is 26.3 Å². The quantitative estimate of drug-likeness (QED) is 0.0808. The highest BCUT2D eigenvalue weighted by Crippen LogP contribution is 2.59. The van der Waals surface area contributed by atoms with Gasteiger partial charge in [0.05, 0.1) is 93.8 Å². The number of nitrogens with one attached hydrogen (secondary N) is 3. The highest BCUT2D eigenvalue weighted by atomic mass is 31.2. The summed E-state index contributed by atoms with van der Waals surface area (Å²) in [6.45, 7) is -2.90.